The number of hydrogen-bond donors (Lipinski definition) is 1. The van der Waals surface area contributed by atoms with Gasteiger partial charge >= 0.3 is 0 Å². The fourth-order valence-corrected chi connectivity index (χ4v) is 4.17. The second kappa shape index (κ2) is 11.3. The minimum absolute atomic E-state index is 0.0766. The summed E-state index contributed by atoms with van der Waals surface area (Å²) in [6.45, 7) is 9.03. The highest BCUT2D eigenvalue weighted by Crippen LogP contribution is 2.21. The summed E-state index contributed by atoms with van der Waals surface area (Å²) in [5.41, 5.74) is 0.612. The van der Waals surface area contributed by atoms with Gasteiger partial charge in [0.05, 0.1) is 12.6 Å². The summed E-state index contributed by atoms with van der Waals surface area (Å²) >= 11 is 0. The van der Waals surface area contributed by atoms with E-state index in [-0.39, 0.29) is 30.2 Å². The smallest absolute Gasteiger partial charge is 0.253 e. The van der Waals surface area contributed by atoms with Crippen LogP contribution in [-0.2, 0) is 16.1 Å². The second-order valence-electron chi connectivity index (χ2n) is 9.37. The molecule has 184 valence electrons. The summed E-state index contributed by atoms with van der Waals surface area (Å²) in [5.74, 6) is 1.18. The van der Waals surface area contributed by atoms with Crippen LogP contribution in [0, 0.1) is 12.8 Å². The van der Waals surface area contributed by atoms with Gasteiger partial charge in [0, 0.05) is 32.1 Å². The quantitative estimate of drug-likeness (QED) is 0.746. The lowest BCUT2D eigenvalue weighted by molar-refractivity contribution is -0.138. The zero-order chi connectivity index (χ0) is 24.8. The van der Waals surface area contributed by atoms with Crippen molar-refractivity contribution >= 4 is 17.7 Å². The summed E-state index contributed by atoms with van der Waals surface area (Å²) in [5, 5.41) is 7.66. The Morgan fingerprint density at radius 2 is 1.85 bits per heavy atom. The van der Waals surface area contributed by atoms with Gasteiger partial charge in [-0.05, 0) is 44.7 Å². The number of carbonyl (C=O) groups excluding carboxylic acids is 3. The highest BCUT2D eigenvalue weighted by atomic mass is 16.2. The van der Waals surface area contributed by atoms with Crippen molar-refractivity contribution in [2.24, 2.45) is 5.92 Å². The number of aromatic nitrogens is 3. The van der Waals surface area contributed by atoms with Gasteiger partial charge in [0.1, 0.15) is 17.7 Å². The van der Waals surface area contributed by atoms with Crippen LogP contribution in [0.4, 0.5) is 0 Å². The first-order valence-electron chi connectivity index (χ1n) is 12.0. The molecule has 0 bridgehead atoms. The average Bonchev–Trinajstić information content (AvgIpc) is 3.19. The zero-order valence-electron chi connectivity index (χ0n) is 20.8. The van der Waals surface area contributed by atoms with E-state index in [1.807, 2.05) is 25.1 Å². The third kappa shape index (κ3) is 6.21. The average molecular weight is 469 g/mol. The van der Waals surface area contributed by atoms with Crippen molar-refractivity contribution in [3.8, 4) is 0 Å². The third-order valence-electron chi connectivity index (χ3n) is 6.20. The molecule has 3 rings (SSSR count). The van der Waals surface area contributed by atoms with E-state index in [0.717, 1.165) is 0 Å². The van der Waals surface area contributed by atoms with Crippen LogP contribution in [0.25, 0.3) is 0 Å². The maximum atomic E-state index is 13.2. The fourth-order valence-electron chi connectivity index (χ4n) is 4.17. The van der Waals surface area contributed by atoms with E-state index in [1.54, 1.807) is 35.7 Å². The highest BCUT2D eigenvalue weighted by Gasteiger charge is 2.29. The van der Waals surface area contributed by atoms with Gasteiger partial charge in [-0.2, -0.15) is 5.10 Å². The topological polar surface area (TPSA) is 100 Å². The van der Waals surface area contributed by atoms with Gasteiger partial charge in [-0.1, -0.05) is 32.0 Å². The van der Waals surface area contributed by atoms with Crippen molar-refractivity contribution in [1.82, 2.24) is 29.9 Å². The monoisotopic (exact) mass is 468 g/mol. The van der Waals surface area contributed by atoms with Gasteiger partial charge in [0.15, 0.2) is 0 Å². The minimum atomic E-state index is -0.621. The second-order valence-corrected chi connectivity index (χ2v) is 9.37. The number of benzene rings is 1. The van der Waals surface area contributed by atoms with E-state index in [2.05, 4.69) is 29.2 Å². The Labute approximate surface area is 201 Å². The van der Waals surface area contributed by atoms with Crippen molar-refractivity contribution in [2.75, 3.05) is 20.1 Å². The zero-order valence-corrected chi connectivity index (χ0v) is 20.8. The molecule has 2 heterocycles. The Morgan fingerprint density at radius 1 is 1.15 bits per heavy atom. The van der Waals surface area contributed by atoms with E-state index in [1.165, 1.54) is 4.90 Å². The van der Waals surface area contributed by atoms with Crippen LogP contribution in [0.5, 0.6) is 0 Å². The van der Waals surface area contributed by atoms with Crippen LogP contribution >= 0.6 is 0 Å². The lowest BCUT2D eigenvalue weighted by Crippen LogP contribution is -2.47. The van der Waals surface area contributed by atoms with E-state index >= 15 is 0 Å². The molecule has 1 aromatic carbocycles. The van der Waals surface area contributed by atoms with Crippen molar-refractivity contribution in [2.45, 2.75) is 65.6 Å². The molecule has 0 unspecified atom stereocenters. The number of hydrogen-bond acceptors (Lipinski definition) is 5. The Kier molecular flexibility index (Phi) is 8.41. The maximum absolute atomic E-state index is 13.2. The molecule has 1 aliphatic heterocycles. The molecule has 0 radical (unpaired) electrons. The van der Waals surface area contributed by atoms with Gasteiger partial charge < -0.3 is 15.1 Å². The molecule has 0 saturated carbocycles. The molecule has 0 aliphatic carbocycles. The molecule has 2 atom stereocenters. The first kappa shape index (κ1) is 25.4. The van der Waals surface area contributed by atoms with E-state index in [4.69, 9.17) is 0 Å². The van der Waals surface area contributed by atoms with Crippen LogP contribution in [0.3, 0.4) is 0 Å². The number of nitrogens with one attached hydrogen (secondary N) is 1. The molecule has 34 heavy (non-hydrogen) atoms. The highest BCUT2D eigenvalue weighted by molar-refractivity contribution is 5.94. The number of rotatable bonds is 3. The Bertz CT molecular complexity index is 1000. The predicted octanol–water partition coefficient (Wildman–Crippen LogP) is 2.57. The first-order valence-corrected chi connectivity index (χ1v) is 12.0. The summed E-state index contributed by atoms with van der Waals surface area (Å²) in [6, 6.07) is 8.19. The Morgan fingerprint density at radius 3 is 2.53 bits per heavy atom. The first-order chi connectivity index (χ1) is 16.2. The van der Waals surface area contributed by atoms with E-state index < -0.39 is 6.04 Å². The molecular formula is C25H36N6O3. The lowest BCUT2D eigenvalue weighted by Gasteiger charge is -2.29. The van der Waals surface area contributed by atoms with Crippen molar-refractivity contribution in [1.29, 1.82) is 0 Å². The Balaban J connectivity index is 1.95. The fraction of sp³-hybridized carbons (Fsp3) is 0.560. The molecule has 9 heteroatoms. The number of fused-ring (bicyclic) bond motifs is 1. The standard InChI is InChI=1S/C25H36N6O3/c1-17(2)16-21-23-26-19(4)28-31(23)15-14-30(25(34)20-10-7-6-8-11-20)13-9-12-22(32)29(5)18(3)24(33)27-21/h6-8,10-11,17-18,21H,9,12-16H2,1-5H3,(H,27,33)/t18-,21+/m0/s1. The van der Waals surface area contributed by atoms with E-state index in [9.17, 15) is 14.4 Å². The minimum Gasteiger partial charge on any atom is -0.344 e. The van der Waals surface area contributed by atoms with Gasteiger partial charge in [-0.3, -0.25) is 14.4 Å². The molecule has 1 aromatic heterocycles. The van der Waals surface area contributed by atoms with Gasteiger partial charge in [-0.15, -0.1) is 0 Å². The van der Waals surface area contributed by atoms with Crippen LogP contribution in [-0.4, -0.2) is 68.5 Å². The number of nitrogens with zero attached hydrogens (tertiary/aromatic N) is 5. The summed E-state index contributed by atoms with van der Waals surface area (Å²) in [6.07, 6.45) is 1.45. The van der Waals surface area contributed by atoms with Gasteiger partial charge in [0.2, 0.25) is 11.8 Å². The molecule has 1 N–H and O–H groups in total. The normalized spacial score (nSPS) is 20.6. The molecule has 0 spiro atoms. The van der Waals surface area contributed by atoms with Crippen LogP contribution < -0.4 is 5.32 Å². The van der Waals surface area contributed by atoms with Crippen molar-refractivity contribution < 1.29 is 14.4 Å². The Hall–Kier alpha value is -3.23. The van der Waals surface area contributed by atoms with Crippen LogP contribution in [0.15, 0.2) is 30.3 Å². The summed E-state index contributed by atoms with van der Waals surface area (Å²) < 4.78 is 1.80. The van der Waals surface area contributed by atoms with Crippen molar-refractivity contribution in [3.63, 3.8) is 0 Å². The largest absolute Gasteiger partial charge is 0.344 e. The molecule has 9 nitrogen and oxygen atoms in total. The summed E-state index contributed by atoms with van der Waals surface area (Å²) in [4.78, 5) is 46.9. The maximum Gasteiger partial charge on any atom is 0.253 e. The molecule has 1 aliphatic rings. The van der Waals surface area contributed by atoms with Gasteiger partial charge in [0.25, 0.3) is 5.91 Å². The molecule has 0 saturated heterocycles. The van der Waals surface area contributed by atoms with Crippen molar-refractivity contribution in [3.05, 3.63) is 47.5 Å². The SMILES string of the molecule is Cc1nc2n(n1)CCN(C(=O)c1ccccc1)CCCC(=O)N(C)[C@@H](C)C(=O)N[C@@H]2CC(C)C. The molecule has 3 amide bonds. The molecule has 0 fully saturated rings. The van der Waals surface area contributed by atoms with Gasteiger partial charge in [-0.25, -0.2) is 9.67 Å². The molecular weight excluding hydrogens is 432 g/mol. The number of aryl methyl sites for hydroxylation is 1. The number of likely N-dealkylation sites (N-methyl/N-ethyl adjacent to an activating group) is 1. The predicted molar refractivity (Wildman–Crippen MR) is 129 cm³/mol. The molecule has 2 aromatic rings. The van der Waals surface area contributed by atoms with Crippen LogP contribution in [0.1, 0.15) is 68.1 Å². The lowest BCUT2D eigenvalue weighted by atomic mass is 10.0. The summed E-state index contributed by atoms with van der Waals surface area (Å²) in [7, 11) is 1.65. The van der Waals surface area contributed by atoms with E-state index in [0.29, 0.717) is 55.6 Å². The third-order valence-corrected chi connectivity index (χ3v) is 6.20. The number of carbonyl (C=O) groups is 3. The number of amides is 3. The van der Waals surface area contributed by atoms with Crippen LogP contribution in [0.2, 0.25) is 0 Å².